The molecule has 8 heteroatoms. The normalized spacial score (nSPS) is 18.2. The molecule has 1 aliphatic carbocycles. The minimum absolute atomic E-state index is 0.0573. The Balaban J connectivity index is 2.23. The summed E-state index contributed by atoms with van der Waals surface area (Å²) in [4.78, 5) is 10.2. The molecule has 2 rings (SSSR count). The number of alkyl halides is 3. The van der Waals surface area contributed by atoms with Gasteiger partial charge in [-0.15, -0.1) is 0 Å². The second-order valence-corrected chi connectivity index (χ2v) is 3.59. The Bertz CT molecular complexity index is 422. The average molecular weight is 236 g/mol. The zero-order chi connectivity index (χ0) is 12.0. The number of carbonyl (C=O) groups is 1. The number of nitrogens with one attached hydrogen (secondary N) is 1. The minimum atomic E-state index is -4.40. The highest BCUT2D eigenvalue weighted by molar-refractivity contribution is 5.81. The summed E-state index contributed by atoms with van der Waals surface area (Å²) < 4.78 is 42.4. The number of hydrogen-bond acceptors (Lipinski definition) is 3. The summed E-state index contributed by atoms with van der Waals surface area (Å²) in [6, 6.07) is 0.967. The summed E-state index contributed by atoms with van der Waals surface area (Å²) in [5, 5.41) is 13.4. The van der Waals surface area contributed by atoms with Crippen LogP contribution in [0, 0.1) is 0 Å². The molecule has 0 bridgehead atoms. The smallest absolute Gasteiger partial charge is 0.410 e. The van der Waals surface area contributed by atoms with E-state index in [1.165, 1.54) is 0 Å². The number of rotatable bonds is 2. The monoisotopic (exact) mass is 236 g/mol. The molecule has 1 saturated carbocycles. The van der Waals surface area contributed by atoms with E-state index in [2.05, 4.69) is 9.68 Å². The van der Waals surface area contributed by atoms with Gasteiger partial charge in [0.25, 0.3) is 0 Å². The van der Waals surface area contributed by atoms with E-state index in [0.717, 1.165) is 6.07 Å². The number of amides is 1. The molecule has 1 heterocycles. The summed E-state index contributed by atoms with van der Waals surface area (Å²) in [5.74, 6) is -0.582. The van der Waals surface area contributed by atoms with Crippen molar-refractivity contribution in [2.24, 2.45) is 0 Å². The Morgan fingerprint density at radius 2 is 2.19 bits per heavy atom. The van der Waals surface area contributed by atoms with Gasteiger partial charge in [0.2, 0.25) is 0 Å². The van der Waals surface area contributed by atoms with E-state index in [1.807, 2.05) is 5.32 Å². The second kappa shape index (κ2) is 3.13. The van der Waals surface area contributed by atoms with Crippen LogP contribution in [0.1, 0.15) is 18.6 Å². The third-order valence-corrected chi connectivity index (χ3v) is 2.51. The molecule has 2 N–H and O–H groups in total. The Kier molecular flexibility index (Phi) is 2.11. The van der Waals surface area contributed by atoms with Gasteiger partial charge in [0.15, 0.2) is 11.6 Å². The Labute approximate surface area is 87.2 Å². The van der Waals surface area contributed by atoms with Crippen LogP contribution in [0.15, 0.2) is 10.6 Å². The van der Waals surface area contributed by atoms with E-state index in [-0.39, 0.29) is 24.4 Å². The molecule has 1 fully saturated rings. The van der Waals surface area contributed by atoms with E-state index < -0.39 is 17.7 Å². The Hall–Kier alpha value is -1.73. The lowest BCUT2D eigenvalue weighted by Crippen LogP contribution is -2.28. The van der Waals surface area contributed by atoms with Gasteiger partial charge >= 0.3 is 12.3 Å². The van der Waals surface area contributed by atoms with Crippen LogP contribution in [0.25, 0.3) is 0 Å². The topological polar surface area (TPSA) is 75.4 Å². The van der Waals surface area contributed by atoms with Crippen LogP contribution in [0.2, 0.25) is 0 Å². The van der Waals surface area contributed by atoms with Crippen LogP contribution in [-0.4, -0.2) is 22.5 Å². The quantitative estimate of drug-likeness (QED) is 0.826. The van der Waals surface area contributed by atoms with Crippen molar-refractivity contribution in [2.45, 2.75) is 24.4 Å². The molecule has 0 aromatic carbocycles. The molecule has 16 heavy (non-hydrogen) atoms. The third kappa shape index (κ3) is 1.59. The molecule has 1 amide bonds. The third-order valence-electron chi connectivity index (χ3n) is 2.51. The summed E-state index contributed by atoms with van der Waals surface area (Å²) in [6.07, 6.45) is -5.92. The zero-order valence-electron chi connectivity index (χ0n) is 7.84. The van der Waals surface area contributed by atoms with Gasteiger partial charge in [-0.25, -0.2) is 4.79 Å². The predicted octanol–water partition coefficient (Wildman–Crippen LogP) is 2.36. The van der Waals surface area contributed by atoms with Crippen molar-refractivity contribution < 1.29 is 27.6 Å². The molecule has 0 atom stereocenters. The van der Waals surface area contributed by atoms with Crippen LogP contribution in [0.3, 0.4) is 0 Å². The zero-order valence-corrected chi connectivity index (χ0v) is 7.84. The van der Waals surface area contributed by atoms with Gasteiger partial charge < -0.3 is 9.63 Å². The molecule has 0 spiro atoms. The van der Waals surface area contributed by atoms with E-state index in [0.29, 0.717) is 0 Å². The first-order valence-electron chi connectivity index (χ1n) is 4.39. The van der Waals surface area contributed by atoms with Gasteiger partial charge in [0.1, 0.15) is 5.41 Å². The van der Waals surface area contributed by atoms with Crippen LogP contribution in [0.5, 0.6) is 0 Å². The number of carboxylic acid groups (broad SMARTS) is 1. The lowest BCUT2D eigenvalue weighted by atomic mass is 10.0. The SMILES string of the molecule is O=C(O)Nc1cc(C2(C(F)(F)F)CC2)on1. The predicted molar refractivity (Wildman–Crippen MR) is 45.1 cm³/mol. The van der Waals surface area contributed by atoms with E-state index in [9.17, 15) is 18.0 Å². The largest absolute Gasteiger partial charge is 0.465 e. The molecule has 0 aliphatic heterocycles. The van der Waals surface area contributed by atoms with Crippen LogP contribution < -0.4 is 5.32 Å². The van der Waals surface area contributed by atoms with Gasteiger partial charge in [-0.2, -0.15) is 13.2 Å². The molecule has 5 nitrogen and oxygen atoms in total. The average Bonchev–Trinajstić information content (AvgIpc) is 2.82. The standard InChI is InChI=1S/C8H7F3N2O3/c9-8(10,11)7(1-2-7)4-3-5(13-16-4)12-6(14)15/h3H,1-2H2,(H,12,13)(H,14,15). The van der Waals surface area contributed by atoms with Crippen molar-refractivity contribution in [3.63, 3.8) is 0 Å². The van der Waals surface area contributed by atoms with Crippen molar-refractivity contribution in [2.75, 3.05) is 5.32 Å². The molecular formula is C8H7F3N2O3. The fraction of sp³-hybridized carbons (Fsp3) is 0.500. The fourth-order valence-electron chi connectivity index (χ4n) is 1.46. The Morgan fingerprint density at radius 3 is 2.62 bits per heavy atom. The first-order valence-corrected chi connectivity index (χ1v) is 4.39. The van der Waals surface area contributed by atoms with Gasteiger partial charge in [-0.1, -0.05) is 5.16 Å². The summed E-state index contributed by atoms with van der Waals surface area (Å²) in [5.41, 5.74) is -1.97. The maximum atomic E-state index is 12.6. The minimum Gasteiger partial charge on any atom is -0.465 e. The number of anilines is 1. The number of aromatic nitrogens is 1. The van der Waals surface area contributed by atoms with Crippen molar-refractivity contribution in [3.8, 4) is 0 Å². The molecule has 0 saturated heterocycles. The van der Waals surface area contributed by atoms with Gasteiger partial charge in [-0.05, 0) is 12.8 Å². The van der Waals surface area contributed by atoms with Crippen LogP contribution >= 0.6 is 0 Å². The fourth-order valence-corrected chi connectivity index (χ4v) is 1.46. The van der Waals surface area contributed by atoms with Crippen molar-refractivity contribution in [1.29, 1.82) is 0 Å². The lowest BCUT2D eigenvalue weighted by molar-refractivity contribution is -0.165. The number of nitrogens with zero attached hydrogens (tertiary/aromatic N) is 1. The van der Waals surface area contributed by atoms with E-state index in [4.69, 9.17) is 5.11 Å². The van der Waals surface area contributed by atoms with E-state index >= 15 is 0 Å². The van der Waals surface area contributed by atoms with Gasteiger partial charge in [0.05, 0.1) is 0 Å². The highest BCUT2D eigenvalue weighted by Gasteiger charge is 2.66. The molecule has 0 unspecified atom stereocenters. The van der Waals surface area contributed by atoms with Crippen molar-refractivity contribution >= 4 is 11.9 Å². The first-order chi connectivity index (χ1) is 7.35. The number of halogens is 3. The summed E-state index contributed by atoms with van der Waals surface area (Å²) in [7, 11) is 0. The number of hydrogen-bond donors (Lipinski definition) is 2. The molecule has 1 aromatic rings. The van der Waals surface area contributed by atoms with Crippen LogP contribution in [0.4, 0.5) is 23.8 Å². The van der Waals surface area contributed by atoms with Crippen molar-refractivity contribution in [3.05, 3.63) is 11.8 Å². The van der Waals surface area contributed by atoms with Gasteiger partial charge in [-0.3, -0.25) is 5.32 Å². The highest BCUT2D eigenvalue weighted by atomic mass is 19.4. The lowest BCUT2D eigenvalue weighted by Gasteiger charge is -2.14. The summed E-state index contributed by atoms with van der Waals surface area (Å²) in [6.45, 7) is 0. The van der Waals surface area contributed by atoms with Gasteiger partial charge in [0, 0.05) is 6.07 Å². The Morgan fingerprint density at radius 1 is 1.56 bits per heavy atom. The highest BCUT2D eigenvalue weighted by Crippen LogP contribution is 2.59. The second-order valence-electron chi connectivity index (χ2n) is 3.59. The maximum Gasteiger partial charge on any atom is 0.410 e. The van der Waals surface area contributed by atoms with Crippen molar-refractivity contribution in [1.82, 2.24) is 5.16 Å². The maximum absolute atomic E-state index is 12.6. The van der Waals surface area contributed by atoms with Crippen LogP contribution in [-0.2, 0) is 5.41 Å². The first kappa shape index (κ1) is 10.8. The molecular weight excluding hydrogens is 229 g/mol. The summed E-state index contributed by atoms with van der Waals surface area (Å²) >= 11 is 0. The molecule has 1 aromatic heterocycles. The molecule has 88 valence electrons. The molecule has 0 radical (unpaired) electrons. The van der Waals surface area contributed by atoms with E-state index in [1.54, 1.807) is 0 Å². The molecule has 1 aliphatic rings.